The number of nitrogens with one attached hydrogen (secondary N) is 3. The maximum Gasteiger partial charge on any atom is 0.137 e. The van der Waals surface area contributed by atoms with E-state index in [-0.39, 0.29) is 0 Å². The largest absolute Gasteiger partial charge is 0.353 e. The van der Waals surface area contributed by atoms with Crippen molar-refractivity contribution in [2.24, 2.45) is 11.8 Å². The van der Waals surface area contributed by atoms with Crippen molar-refractivity contribution >= 4 is 10.9 Å². The summed E-state index contributed by atoms with van der Waals surface area (Å²) in [6.45, 7) is 7.93. The Hall–Kier alpha value is -1.58. The number of aromatic amines is 1. The van der Waals surface area contributed by atoms with Crippen molar-refractivity contribution < 1.29 is 9.80 Å². The summed E-state index contributed by atoms with van der Waals surface area (Å²) in [6.07, 6.45) is 9.23. The van der Waals surface area contributed by atoms with E-state index in [9.17, 15) is 0 Å². The molecular weight excluding hydrogens is 318 g/mol. The van der Waals surface area contributed by atoms with E-state index in [0.29, 0.717) is 6.04 Å². The molecule has 3 nitrogen and oxygen atoms in total. The predicted octanol–water partition coefficient (Wildman–Crippen LogP) is 1.29. The summed E-state index contributed by atoms with van der Waals surface area (Å²) in [6, 6.07) is 11.5. The first-order chi connectivity index (χ1) is 12.9. The Labute approximate surface area is 156 Å². The molecule has 26 heavy (non-hydrogen) atoms. The van der Waals surface area contributed by atoms with Gasteiger partial charge in [-0.15, -0.1) is 0 Å². The van der Waals surface area contributed by atoms with E-state index in [1.807, 2.05) is 9.80 Å². The Morgan fingerprint density at radius 1 is 1.12 bits per heavy atom. The second-order valence-electron chi connectivity index (χ2n) is 9.20. The number of para-hydroxylation sites is 1. The Balaban J connectivity index is 1.47. The second-order valence-corrected chi connectivity index (χ2v) is 9.20. The van der Waals surface area contributed by atoms with Crippen molar-refractivity contribution in [3.63, 3.8) is 0 Å². The van der Waals surface area contributed by atoms with Crippen molar-refractivity contribution in [1.82, 2.24) is 4.98 Å². The normalized spacial score (nSPS) is 40.7. The molecule has 1 saturated carbocycles. The van der Waals surface area contributed by atoms with Gasteiger partial charge in [-0.05, 0) is 37.0 Å². The lowest BCUT2D eigenvalue weighted by atomic mass is 9.60. The lowest BCUT2D eigenvalue weighted by Crippen LogP contribution is -3.27. The molecule has 3 heteroatoms. The first-order valence-corrected chi connectivity index (χ1v) is 10.8. The highest BCUT2D eigenvalue weighted by Crippen LogP contribution is 2.45. The van der Waals surface area contributed by atoms with E-state index < -0.39 is 0 Å². The molecule has 0 amide bonds. The zero-order valence-electron chi connectivity index (χ0n) is 15.6. The van der Waals surface area contributed by atoms with Crippen molar-refractivity contribution in [1.29, 1.82) is 0 Å². The molecule has 2 aromatic rings. The van der Waals surface area contributed by atoms with Crippen LogP contribution in [0.5, 0.6) is 0 Å². The van der Waals surface area contributed by atoms with Gasteiger partial charge in [-0.3, -0.25) is 0 Å². The lowest BCUT2D eigenvalue weighted by Gasteiger charge is -2.59. The number of hydrogen-bond donors (Lipinski definition) is 3. The van der Waals surface area contributed by atoms with Crippen molar-refractivity contribution in [2.45, 2.75) is 50.2 Å². The van der Waals surface area contributed by atoms with E-state index in [0.717, 1.165) is 30.5 Å². The maximum atomic E-state index is 4.07. The van der Waals surface area contributed by atoms with Gasteiger partial charge in [-0.2, -0.15) is 0 Å². The molecule has 5 aliphatic rings. The average molecular weight is 350 g/mol. The molecule has 1 aliphatic carbocycles. The third-order valence-corrected chi connectivity index (χ3v) is 8.29. The van der Waals surface area contributed by atoms with E-state index in [4.69, 9.17) is 0 Å². The summed E-state index contributed by atoms with van der Waals surface area (Å²) in [5, 5.41) is 1.48. The van der Waals surface area contributed by atoms with Gasteiger partial charge in [0.1, 0.15) is 12.1 Å². The third-order valence-electron chi connectivity index (χ3n) is 8.29. The number of piperidine rings is 3. The van der Waals surface area contributed by atoms with Gasteiger partial charge in [0, 0.05) is 23.7 Å². The van der Waals surface area contributed by atoms with E-state index in [1.165, 1.54) is 56.1 Å². The standard InChI is InChI=1S/C23H29N3/c1-2-12-25-13-5-7-17-20-10-9-18(22(17)25)23-21-16(11-14-26(20)23)15-6-3-4-8-19(15)24-21/h2-4,6,8,17-18,20,22-24H,1,5,7,9-14H2/p+2/t17-,18-,20+,22-,23+/m0/s1. The SMILES string of the molecule is C=CC[NH+]1CCC[C@@H]2[C@H]1[C@@H]1CC[C@H]2[NH+]2CCc3c([nH]c4ccccc34)[C@@H]12. The Bertz CT molecular complexity index is 852. The van der Waals surface area contributed by atoms with Crippen LogP contribution in [0.3, 0.4) is 0 Å². The number of rotatable bonds is 2. The first kappa shape index (κ1) is 15.5. The molecule has 2 unspecified atom stereocenters. The molecule has 7 atom stereocenters. The lowest BCUT2D eigenvalue weighted by molar-refractivity contribution is -1.01. The van der Waals surface area contributed by atoms with E-state index >= 15 is 0 Å². The van der Waals surface area contributed by atoms with Crippen molar-refractivity contribution in [2.75, 3.05) is 19.6 Å². The van der Waals surface area contributed by atoms with Crippen LogP contribution in [0.2, 0.25) is 0 Å². The number of likely N-dealkylation sites (tertiary alicyclic amines) is 1. The van der Waals surface area contributed by atoms with Crippen molar-refractivity contribution in [3.05, 3.63) is 48.2 Å². The van der Waals surface area contributed by atoms with Crippen molar-refractivity contribution in [3.8, 4) is 0 Å². The number of H-pyrrole nitrogens is 1. The van der Waals surface area contributed by atoms with Crippen LogP contribution in [0.25, 0.3) is 10.9 Å². The molecule has 3 saturated heterocycles. The quantitative estimate of drug-likeness (QED) is 0.681. The van der Waals surface area contributed by atoms with Gasteiger partial charge in [0.15, 0.2) is 0 Å². The molecule has 5 heterocycles. The average Bonchev–Trinajstić information content (AvgIpc) is 3.08. The minimum absolute atomic E-state index is 0.712. The van der Waals surface area contributed by atoms with Crippen LogP contribution in [0.1, 0.15) is 43.0 Å². The van der Waals surface area contributed by atoms with Gasteiger partial charge < -0.3 is 14.8 Å². The highest BCUT2D eigenvalue weighted by Gasteiger charge is 2.62. The molecule has 1 aromatic heterocycles. The topological polar surface area (TPSA) is 24.7 Å². The van der Waals surface area contributed by atoms with Crippen LogP contribution >= 0.6 is 0 Å². The summed E-state index contributed by atoms with van der Waals surface area (Å²) in [4.78, 5) is 7.67. The molecular formula is C23H31N3+2. The summed E-state index contributed by atoms with van der Waals surface area (Å²) >= 11 is 0. The van der Waals surface area contributed by atoms with Gasteiger partial charge in [0.05, 0.1) is 43.2 Å². The number of fused-ring (bicyclic) bond motifs is 4. The molecule has 4 fully saturated rings. The van der Waals surface area contributed by atoms with Gasteiger partial charge in [-0.1, -0.05) is 24.8 Å². The van der Waals surface area contributed by atoms with E-state index in [2.05, 4.69) is 41.9 Å². The summed E-state index contributed by atoms with van der Waals surface area (Å²) in [7, 11) is 0. The van der Waals surface area contributed by atoms with Gasteiger partial charge >= 0.3 is 0 Å². The van der Waals surface area contributed by atoms with Crippen LogP contribution in [0.4, 0.5) is 0 Å². The Morgan fingerprint density at radius 3 is 2.96 bits per heavy atom. The molecule has 0 radical (unpaired) electrons. The molecule has 7 rings (SSSR count). The summed E-state index contributed by atoms with van der Waals surface area (Å²) < 4.78 is 0. The monoisotopic (exact) mass is 349 g/mol. The molecule has 2 bridgehead atoms. The van der Waals surface area contributed by atoms with Crippen LogP contribution in [-0.2, 0) is 6.42 Å². The third kappa shape index (κ3) is 1.96. The summed E-state index contributed by atoms with van der Waals surface area (Å²) in [5.41, 5.74) is 4.60. The number of hydrogen-bond acceptors (Lipinski definition) is 0. The molecule has 3 N–H and O–H groups in total. The molecule has 4 aliphatic heterocycles. The van der Waals surface area contributed by atoms with Gasteiger partial charge in [0.2, 0.25) is 0 Å². The second kappa shape index (κ2) is 5.71. The number of benzene rings is 1. The van der Waals surface area contributed by atoms with Gasteiger partial charge in [-0.25, -0.2) is 0 Å². The van der Waals surface area contributed by atoms with E-state index in [1.54, 1.807) is 11.3 Å². The zero-order chi connectivity index (χ0) is 17.3. The molecule has 1 aromatic carbocycles. The first-order valence-electron chi connectivity index (χ1n) is 10.8. The smallest absolute Gasteiger partial charge is 0.137 e. The highest BCUT2D eigenvalue weighted by molar-refractivity contribution is 5.85. The fourth-order valence-corrected chi connectivity index (χ4v) is 7.58. The summed E-state index contributed by atoms with van der Waals surface area (Å²) in [5.74, 6) is 1.80. The fourth-order valence-electron chi connectivity index (χ4n) is 7.58. The Kier molecular flexibility index (Phi) is 3.40. The number of quaternary nitrogens is 2. The molecule has 136 valence electrons. The fraction of sp³-hybridized carbons (Fsp3) is 0.565. The maximum absolute atomic E-state index is 4.07. The van der Waals surface area contributed by atoms with Gasteiger partial charge in [0.25, 0.3) is 0 Å². The zero-order valence-corrected chi connectivity index (χ0v) is 15.6. The van der Waals surface area contributed by atoms with Crippen LogP contribution in [-0.4, -0.2) is 36.7 Å². The number of aromatic nitrogens is 1. The predicted molar refractivity (Wildman–Crippen MR) is 104 cm³/mol. The minimum atomic E-state index is 0.712. The van der Waals surface area contributed by atoms with Crippen LogP contribution < -0.4 is 9.80 Å². The highest BCUT2D eigenvalue weighted by atomic mass is 15.3. The minimum Gasteiger partial charge on any atom is -0.353 e. The molecule has 0 spiro atoms. The van der Waals surface area contributed by atoms with Crippen LogP contribution in [0.15, 0.2) is 36.9 Å². The van der Waals surface area contributed by atoms with Crippen LogP contribution in [0, 0.1) is 11.8 Å². The Morgan fingerprint density at radius 2 is 2.04 bits per heavy atom.